The van der Waals surface area contributed by atoms with Crippen molar-refractivity contribution in [1.29, 1.82) is 0 Å². The van der Waals surface area contributed by atoms with Crippen molar-refractivity contribution < 1.29 is 14.3 Å². The van der Waals surface area contributed by atoms with Crippen LogP contribution in [0.3, 0.4) is 0 Å². The van der Waals surface area contributed by atoms with Crippen LogP contribution in [0.25, 0.3) is 0 Å². The van der Waals surface area contributed by atoms with Crippen molar-refractivity contribution in [2.24, 2.45) is 0 Å². The van der Waals surface area contributed by atoms with Gasteiger partial charge in [-0.15, -0.1) is 0 Å². The van der Waals surface area contributed by atoms with Gasteiger partial charge in [-0.05, 0) is 68.2 Å². The standard InChI is InChI=1S/C23H28N2O3/c1-18(26)21-9-11-22(12-10-21)28-17-23(27)24-15-19-5-7-20(8-6-19)16-25-13-3-2-4-14-25/h5-12H,2-4,13-17H2,1H3,(H,24,27). The molecule has 0 radical (unpaired) electrons. The highest BCUT2D eigenvalue weighted by Crippen LogP contribution is 2.14. The van der Waals surface area contributed by atoms with Crippen molar-refractivity contribution >= 4 is 11.7 Å². The molecule has 0 aromatic heterocycles. The molecule has 1 aliphatic heterocycles. The first kappa shape index (κ1) is 20.1. The third kappa shape index (κ3) is 6.20. The first-order chi connectivity index (χ1) is 13.6. The van der Waals surface area contributed by atoms with Gasteiger partial charge in [0.15, 0.2) is 12.4 Å². The molecule has 0 aliphatic carbocycles. The van der Waals surface area contributed by atoms with Crippen LogP contribution in [0.5, 0.6) is 5.75 Å². The first-order valence-electron chi connectivity index (χ1n) is 9.91. The molecule has 0 spiro atoms. The summed E-state index contributed by atoms with van der Waals surface area (Å²) in [5.74, 6) is 0.404. The molecule has 1 amide bonds. The summed E-state index contributed by atoms with van der Waals surface area (Å²) in [5.41, 5.74) is 3.01. The lowest BCUT2D eigenvalue weighted by molar-refractivity contribution is -0.123. The smallest absolute Gasteiger partial charge is 0.258 e. The minimum Gasteiger partial charge on any atom is -0.484 e. The van der Waals surface area contributed by atoms with Crippen LogP contribution in [0, 0.1) is 0 Å². The van der Waals surface area contributed by atoms with Crippen molar-refractivity contribution in [1.82, 2.24) is 10.2 Å². The van der Waals surface area contributed by atoms with E-state index in [9.17, 15) is 9.59 Å². The van der Waals surface area contributed by atoms with Crippen LogP contribution in [0.4, 0.5) is 0 Å². The predicted octanol–water partition coefficient (Wildman–Crippen LogP) is 3.57. The number of amides is 1. The zero-order valence-electron chi connectivity index (χ0n) is 16.4. The van der Waals surface area contributed by atoms with Gasteiger partial charge in [0.25, 0.3) is 5.91 Å². The lowest BCUT2D eigenvalue weighted by Gasteiger charge is -2.26. The highest BCUT2D eigenvalue weighted by Gasteiger charge is 2.10. The molecule has 2 aromatic rings. The molecule has 0 atom stereocenters. The fourth-order valence-electron chi connectivity index (χ4n) is 3.32. The average molecular weight is 380 g/mol. The largest absolute Gasteiger partial charge is 0.484 e. The number of rotatable bonds is 8. The van der Waals surface area contributed by atoms with Gasteiger partial charge in [0, 0.05) is 18.7 Å². The monoisotopic (exact) mass is 380 g/mol. The number of benzene rings is 2. The summed E-state index contributed by atoms with van der Waals surface area (Å²) in [6, 6.07) is 15.2. The first-order valence-corrected chi connectivity index (χ1v) is 9.91. The molecule has 5 heteroatoms. The van der Waals surface area contributed by atoms with E-state index in [-0.39, 0.29) is 18.3 Å². The molecule has 0 saturated carbocycles. The lowest BCUT2D eigenvalue weighted by Crippen LogP contribution is -2.29. The fourth-order valence-corrected chi connectivity index (χ4v) is 3.32. The molecule has 3 rings (SSSR count). The van der Waals surface area contributed by atoms with Gasteiger partial charge < -0.3 is 10.1 Å². The number of likely N-dealkylation sites (tertiary alicyclic amines) is 1. The molecule has 28 heavy (non-hydrogen) atoms. The topological polar surface area (TPSA) is 58.6 Å². The Bertz CT molecular complexity index is 778. The Hall–Kier alpha value is -2.66. The van der Waals surface area contributed by atoms with Gasteiger partial charge in [-0.3, -0.25) is 14.5 Å². The normalized spacial score (nSPS) is 14.5. The quantitative estimate of drug-likeness (QED) is 0.712. The van der Waals surface area contributed by atoms with Crippen LogP contribution < -0.4 is 10.1 Å². The van der Waals surface area contributed by atoms with E-state index in [0.717, 1.165) is 12.1 Å². The number of nitrogens with one attached hydrogen (secondary N) is 1. The van der Waals surface area contributed by atoms with Crippen molar-refractivity contribution in [3.8, 4) is 5.75 Å². The minimum absolute atomic E-state index is 0.00578. The van der Waals surface area contributed by atoms with Crippen molar-refractivity contribution in [2.45, 2.75) is 39.3 Å². The number of ether oxygens (including phenoxy) is 1. The predicted molar refractivity (Wildman–Crippen MR) is 109 cm³/mol. The summed E-state index contributed by atoms with van der Waals surface area (Å²) in [5, 5.41) is 2.87. The summed E-state index contributed by atoms with van der Waals surface area (Å²) in [6.07, 6.45) is 3.95. The van der Waals surface area contributed by atoms with Crippen LogP contribution in [0.1, 0.15) is 47.7 Å². The Kier molecular flexibility index (Phi) is 7.20. The van der Waals surface area contributed by atoms with Gasteiger partial charge >= 0.3 is 0 Å². The van der Waals surface area contributed by atoms with Gasteiger partial charge in [0.2, 0.25) is 0 Å². The van der Waals surface area contributed by atoms with E-state index in [1.807, 2.05) is 0 Å². The number of Topliss-reactive ketones (excluding diaryl/α,β-unsaturated/α-hetero) is 1. The van der Waals surface area contributed by atoms with Crippen molar-refractivity contribution in [3.05, 3.63) is 65.2 Å². The molecule has 5 nitrogen and oxygen atoms in total. The molecule has 148 valence electrons. The summed E-state index contributed by atoms with van der Waals surface area (Å²) in [4.78, 5) is 25.8. The molecule has 1 N–H and O–H groups in total. The molecule has 1 saturated heterocycles. The zero-order chi connectivity index (χ0) is 19.8. The van der Waals surface area contributed by atoms with Gasteiger partial charge in [0.05, 0.1) is 0 Å². The Balaban J connectivity index is 1.39. The van der Waals surface area contributed by atoms with E-state index in [4.69, 9.17) is 4.74 Å². The maximum atomic E-state index is 12.0. The van der Waals surface area contributed by atoms with E-state index in [2.05, 4.69) is 34.5 Å². The molecular weight excluding hydrogens is 352 g/mol. The summed E-state index contributed by atoms with van der Waals surface area (Å²) in [7, 11) is 0. The summed E-state index contributed by atoms with van der Waals surface area (Å²) < 4.78 is 5.47. The van der Waals surface area contributed by atoms with Gasteiger partial charge in [-0.25, -0.2) is 0 Å². The van der Waals surface area contributed by atoms with Crippen LogP contribution in [-0.4, -0.2) is 36.3 Å². The van der Waals surface area contributed by atoms with E-state index in [0.29, 0.717) is 17.9 Å². The van der Waals surface area contributed by atoms with Crippen LogP contribution >= 0.6 is 0 Å². The average Bonchev–Trinajstić information content (AvgIpc) is 2.73. The van der Waals surface area contributed by atoms with Crippen LogP contribution in [0.2, 0.25) is 0 Å². The Morgan fingerprint density at radius 1 is 0.929 bits per heavy atom. The number of nitrogens with zero attached hydrogens (tertiary/aromatic N) is 1. The van der Waals surface area contributed by atoms with E-state index < -0.39 is 0 Å². The molecule has 0 unspecified atom stereocenters. The molecule has 1 heterocycles. The molecular formula is C23H28N2O3. The van der Waals surface area contributed by atoms with Crippen molar-refractivity contribution in [2.75, 3.05) is 19.7 Å². The number of ketones is 1. The van der Waals surface area contributed by atoms with Crippen LogP contribution in [0.15, 0.2) is 48.5 Å². The van der Waals surface area contributed by atoms with Gasteiger partial charge in [-0.2, -0.15) is 0 Å². The third-order valence-electron chi connectivity index (χ3n) is 5.00. The van der Waals surface area contributed by atoms with E-state index in [1.165, 1.54) is 44.8 Å². The SMILES string of the molecule is CC(=O)c1ccc(OCC(=O)NCc2ccc(CN3CCCCC3)cc2)cc1. The lowest BCUT2D eigenvalue weighted by atomic mass is 10.1. The molecule has 1 aliphatic rings. The van der Waals surface area contributed by atoms with Gasteiger partial charge in [0.1, 0.15) is 5.75 Å². The Labute approximate surface area is 166 Å². The Morgan fingerprint density at radius 2 is 1.57 bits per heavy atom. The van der Waals surface area contributed by atoms with Crippen molar-refractivity contribution in [3.63, 3.8) is 0 Å². The highest BCUT2D eigenvalue weighted by molar-refractivity contribution is 5.94. The number of hydrogen-bond acceptors (Lipinski definition) is 4. The molecule has 1 fully saturated rings. The van der Waals surface area contributed by atoms with E-state index >= 15 is 0 Å². The second kappa shape index (κ2) is 10.0. The highest BCUT2D eigenvalue weighted by atomic mass is 16.5. The van der Waals surface area contributed by atoms with E-state index in [1.54, 1.807) is 24.3 Å². The number of hydrogen-bond donors (Lipinski definition) is 1. The second-order valence-corrected chi connectivity index (χ2v) is 7.30. The molecule has 0 bridgehead atoms. The summed E-state index contributed by atoms with van der Waals surface area (Å²) in [6.45, 7) is 5.33. The van der Waals surface area contributed by atoms with Crippen LogP contribution in [-0.2, 0) is 17.9 Å². The number of carbonyl (C=O) groups excluding carboxylic acids is 2. The maximum absolute atomic E-state index is 12.0. The summed E-state index contributed by atoms with van der Waals surface area (Å²) >= 11 is 0. The van der Waals surface area contributed by atoms with Gasteiger partial charge in [-0.1, -0.05) is 30.7 Å². The minimum atomic E-state index is -0.173. The third-order valence-corrected chi connectivity index (χ3v) is 5.00. The second-order valence-electron chi connectivity index (χ2n) is 7.30. The maximum Gasteiger partial charge on any atom is 0.258 e. The number of piperidine rings is 1. The Morgan fingerprint density at radius 3 is 2.21 bits per heavy atom. The number of carbonyl (C=O) groups is 2. The molecule has 2 aromatic carbocycles. The fraction of sp³-hybridized carbons (Fsp3) is 0.391. The zero-order valence-corrected chi connectivity index (χ0v) is 16.4.